The van der Waals surface area contributed by atoms with Crippen molar-refractivity contribution < 1.29 is 19.6 Å². The molecular weight excluding hydrogens is 308 g/mol. The molecule has 22 heavy (non-hydrogen) atoms. The summed E-state index contributed by atoms with van der Waals surface area (Å²) in [6, 6.07) is 4.18. The first-order valence-electron chi connectivity index (χ1n) is 6.76. The van der Waals surface area contributed by atoms with Crippen LogP contribution in [-0.2, 0) is 4.79 Å². The maximum atomic E-state index is 12.2. The number of nitrogens with zero attached hydrogens (tertiary/aromatic N) is 1. The highest BCUT2D eigenvalue weighted by molar-refractivity contribution is 8.00. The molecule has 0 aliphatic rings. The fourth-order valence-electron chi connectivity index (χ4n) is 1.70. The lowest BCUT2D eigenvalue weighted by atomic mass is 10.2. The number of carboxylic acid groups (broad SMARTS) is 1. The number of hydrogen-bond acceptors (Lipinski definition) is 5. The summed E-state index contributed by atoms with van der Waals surface area (Å²) in [4.78, 5) is 33.5. The molecule has 7 nitrogen and oxygen atoms in total. The Morgan fingerprint density at radius 3 is 2.64 bits per heavy atom. The zero-order chi connectivity index (χ0) is 16.7. The number of aliphatic carboxylic acids is 1. The number of carboxylic acids is 1. The lowest BCUT2D eigenvalue weighted by Crippen LogP contribution is -2.25. The molecule has 1 amide bonds. The first-order chi connectivity index (χ1) is 10.3. The molecule has 0 unspecified atom stereocenters. The number of thioether (sulfide) groups is 1. The van der Waals surface area contributed by atoms with E-state index in [1.54, 1.807) is 6.07 Å². The maximum absolute atomic E-state index is 12.2. The van der Waals surface area contributed by atoms with Crippen molar-refractivity contribution in [1.82, 2.24) is 5.32 Å². The van der Waals surface area contributed by atoms with Crippen LogP contribution in [-0.4, -0.2) is 33.7 Å². The van der Waals surface area contributed by atoms with E-state index in [0.717, 1.165) is 0 Å². The smallest absolute Gasteiger partial charge is 0.303 e. The third-order valence-corrected chi connectivity index (χ3v) is 3.72. The van der Waals surface area contributed by atoms with Crippen molar-refractivity contribution in [2.24, 2.45) is 0 Å². The van der Waals surface area contributed by atoms with Crippen LogP contribution < -0.4 is 5.32 Å². The second kappa shape index (κ2) is 8.38. The molecule has 1 aromatic carbocycles. The first kappa shape index (κ1) is 18.0. The van der Waals surface area contributed by atoms with Crippen LogP contribution in [0.15, 0.2) is 23.1 Å². The Hall–Kier alpha value is -2.09. The SMILES string of the molecule is CC(C)Sc1ccc([N+](=O)[O-])cc1C(=O)NCCCC(=O)O. The van der Waals surface area contributed by atoms with Gasteiger partial charge in [-0.15, -0.1) is 11.8 Å². The number of carbonyl (C=O) groups is 2. The first-order valence-corrected chi connectivity index (χ1v) is 7.64. The molecule has 0 fully saturated rings. The van der Waals surface area contributed by atoms with Crippen molar-refractivity contribution in [3.63, 3.8) is 0 Å². The predicted molar refractivity (Wildman–Crippen MR) is 83.3 cm³/mol. The molecule has 0 atom stereocenters. The predicted octanol–water partition coefficient (Wildman–Crippen LogP) is 2.69. The summed E-state index contributed by atoms with van der Waals surface area (Å²) in [6.07, 6.45) is 0.269. The van der Waals surface area contributed by atoms with Crippen LogP contribution in [0.4, 0.5) is 5.69 Å². The number of nitrogens with one attached hydrogen (secondary N) is 1. The van der Waals surface area contributed by atoms with E-state index >= 15 is 0 Å². The Bertz CT molecular complexity index is 574. The van der Waals surface area contributed by atoms with Gasteiger partial charge in [-0.25, -0.2) is 0 Å². The average Bonchev–Trinajstić information content (AvgIpc) is 2.42. The van der Waals surface area contributed by atoms with E-state index < -0.39 is 16.8 Å². The van der Waals surface area contributed by atoms with Crippen molar-refractivity contribution in [3.8, 4) is 0 Å². The highest BCUT2D eigenvalue weighted by atomic mass is 32.2. The molecule has 0 heterocycles. The Balaban J connectivity index is 2.87. The van der Waals surface area contributed by atoms with Gasteiger partial charge in [-0.05, 0) is 12.5 Å². The lowest BCUT2D eigenvalue weighted by molar-refractivity contribution is -0.384. The van der Waals surface area contributed by atoms with Gasteiger partial charge in [-0.1, -0.05) is 13.8 Å². The monoisotopic (exact) mass is 326 g/mol. The number of rotatable bonds is 8. The Morgan fingerprint density at radius 2 is 2.09 bits per heavy atom. The number of nitro groups is 1. The molecule has 1 aromatic rings. The molecule has 0 aliphatic carbocycles. The van der Waals surface area contributed by atoms with Crippen molar-refractivity contribution in [3.05, 3.63) is 33.9 Å². The second-order valence-electron chi connectivity index (χ2n) is 4.86. The fourth-order valence-corrected chi connectivity index (χ4v) is 2.64. The van der Waals surface area contributed by atoms with Crippen LogP contribution in [0, 0.1) is 10.1 Å². The van der Waals surface area contributed by atoms with Crippen LogP contribution in [0.5, 0.6) is 0 Å². The Labute approximate surface area is 132 Å². The largest absolute Gasteiger partial charge is 0.481 e. The van der Waals surface area contributed by atoms with Crippen molar-refractivity contribution in [2.45, 2.75) is 36.8 Å². The van der Waals surface area contributed by atoms with E-state index in [2.05, 4.69) is 5.32 Å². The van der Waals surface area contributed by atoms with E-state index in [1.165, 1.54) is 23.9 Å². The molecular formula is C14H18N2O5S. The normalized spacial score (nSPS) is 10.5. The van der Waals surface area contributed by atoms with Gasteiger partial charge >= 0.3 is 5.97 Å². The highest BCUT2D eigenvalue weighted by Gasteiger charge is 2.17. The number of nitro benzene ring substituents is 1. The van der Waals surface area contributed by atoms with Gasteiger partial charge in [0.1, 0.15) is 0 Å². The highest BCUT2D eigenvalue weighted by Crippen LogP contribution is 2.29. The number of benzene rings is 1. The number of non-ortho nitro benzene ring substituents is 1. The maximum Gasteiger partial charge on any atom is 0.303 e. The number of amides is 1. The second-order valence-corrected chi connectivity index (χ2v) is 6.48. The van der Waals surface area contributed by atoms with Crippen molar-refractivity contribution in [1.29, 1.82) is 0 Å². The summed E-state index contributed by atoms with van der Waals surface area (Å²) in [7, 11) is 0. The molecule has 0 spiro atoms. The summed E-state index contributed by atoms with van der Waals surface area (Å²) in [6.45, 7) is 4.13. The van der Waals surface area contributed by atoms with Crippen LogP contribution in [0.1, 0.15) is 37.0 Å². The van der Waals surface area contributed by atoms with Gasteiger partial charge < -0.3 is 10.4 Å². The third kappa shape index (κ3) is 5.72. The van der Waals surface area contributed by atoms with E-state index in [4.69, 9.17) is 5.11 Å². The third-order valence-electron chi connectivity index (χ3n) is 2.63. The van der Waals surface area contributed by atoms with Gasteiger partial charge in [0.15, 0.2) is 0 Å². The molecule has 0 bridgehead atoms. The van der Waals surface area contributed by atoms with Gasteiger partial charge in [0, 0.05) is 35.2 Å². The van der Waals surface area contributed by atoms with Gasteiger partial charge in [0.2, 0.25) is 0 Å². The van der Waals surface area contributed by atoms with Crippen LogP contribution in [0.3, 0.4) is 0 Å². The van der Waals surface area contributed by atoms with Crippen LogP contribution in [0.25, 0.3) is 0 Å². The topological polar surface area (TPSA) is 110 Å². The zero-order valence-corrected chi connectivity index (χ0v) is 13.2. The molecule has 120 valence electrons. The minimum Gasteiger partial charge on any atom is -0.481 e. The molecule has 1 rings (SSSR count). The van der Waals surface area contributed by atoms with E-state index in [-0.39, 0.29) is 29.5 Å². The average molecular weight is 326 g/mol. The van der Waals surface area contributed by atoms with E-state index in [9.17, 15) is 19.7 Å². The summed E-state index contributed by atoms with van der Waals surface area (Å²) in [5, 5.41) is 22.2. The number of carbonyl (C=O) groups excluding carboxylic acids is 1. The molecule has 0 aliphatic heterocycles. The molecule has 0 aromatic heterocycles. The molecule has 0 saturated carbocycles. The minimum atomic E-state index is -0.930. The molecule has 2 N–H and O–H groups in total. The summed E-state index contributed by atoms with van der Waals surface area (Å²) in [5.74, 6) is -1.36. The van der Waals surface area contributed by atoms with Gasteiger partial charge in [-0.3, -0.25) is 19.7 Å². The Kier molecular flexibility index (Phi) is 6.84. The lowest BCUT2D eigenvalue weighted by Gasteiger charge is -2.11. The van der Waals surface area contributed by atoms with Gasteiger partial charge in [0.25, 0.3) is 11.6 Å². The van der Waals surface area contributed by atoms with E-state index in [1.807, 2.05) is 13.8 Å². The molecule has 8 heteroatoms. The van der Waals surface area contributed by atoms with Crippen LogP contribution >= 0.6 is 11.8 Å². The Morgan fingerprint density at radius 1 is 1.41 bits per heavy atom. The summed E-state index contributed by atoms with van der Waals surface area (Å²) >= 11 is 1.44. The zero-order valence-electron chi connectivity index (χ0n) is 12.4. The van der Waals surface area contributed by atoms with Crippen molar-refractivity contribution in [2.75, 3.05) is 6.54 Å². The molecule has 0 radical (unpaired) electrons. The minimum absolute atomic E-state index is 0.0389. The quantitative estimate of drug-likeness (QED) is 0.329. The van der Waals surface area contributed by atoms with Crippen molar-refractivity contribution >= 4 is 29.3 Å². The fraction of sp³-hybridized carbons (Fsp3) is 0.429. The standard InChI is InChI=1S/C14H18N2O5S/c1-9(2)22-12-6-5-10(16(20)21)8-11(12)14(19)15-7-3-4-13(17)18/h5-6,8-9H,3-4,7H2,1-2H3,(H,15,19)(H,17,18). The van der Waals surface area contributed by atoms with Gasteiger partial charge in [-0.2, -0.15) is 0 Å². The van der Waals surface area contributed by atoms with Crippen LogP contribution in [0.2, 0.25) is 0 Å². The van der Waals surface area contributed by atoms with E-state index in [0.29, 0.717) is 11.3 Å². The van der Waals surface area contributed by atoms with Gasteiger partial charge in [0.05, 0.1) is 10.5 Å². The summed E-state index contributed by atoms with van der Waals surface area (Å²) < 4.78 is 0. The number of hydrogen-bond donors (Lipinski definition) is 2. The molecule has 0 saturated heterocycles. The summed E-state index contributed by atoms with van der Waals surface area (Å²) in [5.41, 5.74) is 0.0898.